The van der Waals surface area contributed by atoms with Crippen LogP contribution in [0.25, 0.3) is 0 Å². The van der Waals surface area contributed by atoms with Crippen LogP contribution in [0.3, 0.4) is 0 Å². The number of carbonyl (C=O) groups excluding carboxylic acids is 1. The maximum atomic E-state index is 13.5. The number of hydrogen-bond donors (Lipinski definition) is 1. The Kier molecular flexibility index (Phi) is 7.71. The molecule has 178 valence electrons. The average Bonchev–Trinajstić information content (AvgIpc) is 2.88. The van der Waals surface area contributed by atoms with Gasteiger partial charge in [-0.25, -0.2) is 0 Å². The van der Waals surface area contributed by atoms with Crippen molar-refractivity contribution >= 4 is 40.5 Å². The zero-order valence-corrected chi connectivity index (χ0v) is 19.5. The molecule has 0 bridgehead atoms. The number of para-hydroxylation sites is 1. The number of alkyl halides is 3. The van der Waals surface area contributed by atoms with Gasteiger partial charge >= 0.3 is 12.1 Å². The van der Waals surface area contributed by atoms with Crippen LogP contribution in [0, 0.1) is 0 Å². The number of carbonyl (C=O) groups is 1. The molecule has 1 aliphatic heterocycles. The molecule has 0 fully saturated rings. The topological polar surface area (TPSA) is 66.0 Å². The number of anilines is 1. The Morgan fingerprint density at radius 2 is 1.94 bits per heavy atom. The minimum absolute atomic E-state index is 0.0316. The van der Waals surface area contributed by atoms with E-state index < -0.39 is 34.9 Å². The number of halogens is 4. The number of thiocarbonyl (C=S) groups is 1. The van der Waals surface area contributed by atoms with Crippen LogP contribution >= 0.6 is 23.8 Å². The molecule has 33 heavy (non-hydrogen) atoms. The van der Waals surface area contributed by atoms with Crippen molar-refractivity contribution in [3.8, 4) is 11.5 Å². The third kappa shape index (κ3) is 5.34. The molecule has 0 aliphatic carbocycles. The van der Waals surface area contributed by atoms with E-state index in [0.29, 0.717) is 17.1 Å². The van der Waals surface area contributed by atoms with Crippen LogP contribution in [-0.2, 0) is 20.4 Å². The SMILES string of the molecule is CCOC(=O)C[C@H]1O[C@H](c2cccc(OC)c2OC)c2cc(Cl)c(C(F)(F)F)cc2NC1=S. The number of ether oxygens (including phenoxy) is 4. The van der Waals surface area contributed by atoms with Crippen molar-refractivity contribution in [2.45, 2.75) is 31.7 Å². The normalized spacial score (nSPS) is 18.1. The summed E-state index contributed by atoms with van der Waals surface area (Å²) in [4.78, 5) is 12.2. The molecule has 1 N–H and O–H groups in total. The number of esters is 1. The van der Waals surface area contributed by atoms with E-state index in [1.807, 2.05) is 0 Å². The molecule has 0 radical (unpaired) electrons. The highest BCUT2D eigenvalue weighted by Gasteiger charge is 2.38. The lowest BCUT2D eigenvalue weighted by Gasteiger charge is -2.25. The van der Waals surface area contributed by atoms with E-state index in [9.17, 15) is 18.0 Å². The maximum absolute atomic E-state index is 13.5. The maximum Gasteiger partial charge on any atom is 0.417 e. The van der Waals surface area contributed by atoms with Crippen LogP contribution in [-0.4, -0.2) is 37.9 Å². The summed E-state index contributed by atoms with van der Waals surface area (Å²) in [5.41, 5.74) is -0.237. The van der Waals surface area contributed by atoms with Crippen molar-refractivity contribution in [1.29, 1.82) is 0 Å². The lowest BCUT2D eigenvalue weighted by Crippen LogP contribution is -2.31. The van der Waals surface area contributed by atoms with E-state index >= 15 is 0 Å². The van der Waals surface area contributed by atoms with Crippen LogP contribution < -0.4 is 14.8 Å². The summed E-state index contributed by atoms with van der Waals surface area (Å²) >= 11 is 11.4. The second-order valence-corrected chi connectivity index (χ2v) is 7.85. The van der Waals surface area contributed by atoms with Crippen molar-refractivity contribution in [2.24, 2.45) is 0 Å². The van der Waals surface area contributed by atoms with Gasteiger partial charge in [-0.2, -0.15) is 13.2 Å². The molecular weight excluding hydrogens is 483 g/mol. The zero-order chi connectivity index (χ0) is 24.3. The van der Waals surface area contributed by atoms with Crippen molar-refractivity contribution in [3.05, 3.63) is 52.0 Å². The monoisotopic (exact) mass is 503 g/mol. The van der Waals surface area contributed by atoms with Crippen LogP contribution in [0.5, 0.6) is 11.5 Å². The molecule has 11 heteroatoms. The van der Waals surface area contributed by atoms with Crippen LogP contribution in [0.15, 0.2) is 30.3 Å². The van der Waals surface area contributed by atoms with Gasteiger partial charge in [0, 0.05) is 16.8 Å². The second kappa shape index (κ2) is 10.1. The minimum Gasteiger partial charge on any atom is -0.493 e. The van der Waals surface area contributed by atoms with E-state index in [-0.39, 0.29) is 29.3 Å². The van der Waals surface area contributed by atoms with Crippen molar-refractivity contribution in [3.63, 3.8) is 0 Å². The quantitative estimate of drug-likeness (QED) is 0.409. The predicted octanol–water partition coefficient (Wildman–Crippen LogP) is 5.56. The molecule has 0 aromatic heterocycles. The third-order valence-electron chi connectivity index (χ3n) is 4.95. The number of methoxy groups -OCH3 is 2. The first-order valence-electron chi connectivity index (χ1n) is 9.84. The van der Waals surface area contributed by atoms with Crippen molar-refractivity contribution < 1.29 is 36.9 Å². The number of rotatable bonds is 6. The number of benzene rings is 2. The summed E-state index contributed by atoms with van der Waals surface area (Å²) in [6.07, 6.45) is -6.90. The van der Waals surface area contributed by atoms with Crippen LogP contribution in [0.4, 0.5) is 18.9 Å². The molecule has 3 rings (SSSR count). The van der Waals surface area contributed by atoms with Crippen molar-refractivity contribution in [2.75, 3.05) is 26.1 Å². The predicted molar refractivity (Wildman–Crippen MR) is 120 cm³/mol. The second-order valence-electron chi connectivity index (χ2n) is 7.00. The Labute approximate surface area is 198 Å². The summed E-state index contributed by atoms with van der Waals surface area (Å²) < 4.78 is 62.6. The molecule has 0 unspecified atom stereocenters. The first-order chi connectivity index (χ1) is 15.6. The molecule has 1 heterocycles. The first kappa shape index (κ1) is 25.1. The lowest BCUT2D eigenvalue weighted by atomic mass is 9.96. The van der Waals surface area contributed by atoms with Gasteiger partial charge in [0.15, 0.2) is 11.5 Å². The molecular formula is C22H21ClF3NO5S. The summed E-state index contributed by atoms with van der Waals surface area (Å²) in [5, 5.41) is 2.29. The van der Waals surface area contributed by atoms with Gasteiger partial charge in [-0.15, -0.1) is 0 Å². The fourth-order valence-corrected chi connectivity index (χ4v) is 4.04. The zero-order valence-electron chi connectivity index (χ0n) is 17.9. The minimum atomic E-state index is -4.68. The van der Waals surface area contributed by atoms with Gasteiger partial charge in [-0.1, -0.05) is 36.0 Å². The molecule has 0 saturated heterocycles. The molecule has 2 aromatic carbocycles. The highest BCUT2D eigenvalue weighted by molar-refractivity contribution is 7.80. The smallest absolute Gasteiger partial charge is 0.417 e. The molecule has 1 aliphatic rings. The lowest BCUT2D eigenvalue weighted by molar-refractivity contribution is -0.145. The van der Waals surface area contributed by atoms with Gasteiger partial charge in [0.05, 0.1) is 37.8 Å². The highest BCUT2D eigenvalue weighted by Crippen LogP contribution is 2.46. The number of fused-ring (bicyclic) bond motifs is 1. The van der Waals surface area contributed by atoms with E-state index in [4.69, 9.17) is 42.8 Å². The largest absolute Gasteiger partial charge is 0.493 e. The molecule has 0 amide bonds. The van der Waals surface area contributed by atoms with Crippen molar-refractivity contribution in [1.82, 2.24) is 0 Å². The molecule has 0 spiro atoms. The third-order valence-corrected chi connectivity index (χ3v) is 5.63. The van der Waals surface area contributed by atoms with E-state index in [0.717, 1.165) is 6.07 Å². The van der Waals surface area contributed by atoms with Gasteiger partial charge < -0.3 is 24.3 Å². The van der Waals surface area contributed by atoms with E-state index in [1.54, 1.807) is 25.1 Å². The highest BCUT2D eigenvalue weighted by atomic mass is 35.5. The van der Waals surface area contributed by atoms with E-state index in [2.05, 4.69) is 5.32 Å². The fraction of sp³-hybridized carbons (Fsp3) is 0.364. The van der Waals surface area contributed by atoms with Crippen LogP contribution in [0.1, 0.15) is 36.1 Å². The Hall–Kier alpha value is -2.56. The number of hydrogen-bond acceptors (Lipinski definition) is 6. The summed E-state index contributed by atoms with van der Waals surface area (Å²) in [6.45, 7) is 1.81. The fourth-order valence-electron chi connectivity index (χ4n) is 3.52. The van der Waals surface area contributed by atoms with Gasteiger partial charge in [-0.3, -0.25) is 4.79 Å². The van der Waals surface area contributed by atoms with Gasteiger partial charge in [-0.05, 0) is 25.1 Å². The summed E-state index contributed by atoms with van der Waals surface area (Å²) in [6, 6.07) is 7.07. The number of nitrogens with one attached hydrogen (secondary N) is 1. The first-order valence-corrected chi connectivity index (χ1v) is 10.6. The van der Waals surface area contributed by atoms with Gasteiger partial charge in [0.1, 0.15) is 17.2 Å². The Balaban J connectivity index is 2.20. The standard InChI is InChI=1S/C22H21ClF3NO5S/c1-4-31-18(28)10-17-21(33)27-15-9-13(22(24,25)26)14(23)8-12(15)19(32-17)11-6-5-7-16(29-2)20(11)30-3/h5-9,17,19H,4,10H2,1-3H3,(H,27,33)/t17-,19-/m1/s1. The average molecular weight is 504 g/mol. The molecule has 0 saturated carbocycles. The Morgan fingerprint density at radius 1 is 1.21 bits per heavy atom. The molecule has 6 nitrogen and oxygen atoms in total. The molecule has 2 aromatic rings. The Bertz CT molecular complexity index is 1060. The van der Waals surface area contributed by atoms with Gasteiger partial charge in [0.25, 0.3) is 0 Å². The Morgan fingerprint density at radius 3 is 2.55 bits per heavy atom. The van der Waals surface area contributed by atoms with Gasteiger partial charge in [0.2, 0.25) is 0 Å². The summed E-state index contributed by atoms with van der Waals surface area (Å²) in [5.74, 6) is 0.137. The summed E-state index contributed by atoms with van der Waals surface area (Å²) in [7, 11) is 2.88. The van der Waals surface area contributed by atoms with Crippen LogP contribution in [0.2, 0.25) is 5.02 Å². The van der Waals surface area contributed by atoms with E-state index in [1.165, 1.54) is 20.3 Å². The molecule has 2 atom stereocenters.